The molecule has 0 N–H and O–H groups in total. The number of anilines is 1. The van der Waals surface area contributed by atoms with Gasteiger partial charge in [0, 0.05) is 38.5 Å². The topological polar surface area (TPSA) is 38.2 Å². The molecule has 0 aromatic carbocycles. The molecule has 0 aliphatic heterocycles. The van der Waals surface area contributed by atoms with Crippen molar-refractivity contribution in [3.8, 4) is 0 Å². The third-order valence-corrected chi connectivity index (χ3v) is 2.14. The number of nitrogens with zero attached hydrogens (tertiary/aromatic N) is 3. The van der Waals surface area contributed by atoms with E-state index in [0.717, 1.165) is 18.7 Å². The van der Waals surface area contributed by atoms with Crippen LogP contribution >= 0.6 is 11.6 Å². The van der Waals surface area contributed by atoms with Crippen molar-refractivity contribution in [1.82, 2.24) is 9.97 Å². The quantitative estimate of drug-likeness (QED) is 0.693. The maximum atomic E-state index is 5.72. The molecular formula is C10H16ClN3O. The Balaban J connectivity index is 2.65. The molecule has 0 spiro atoms. The molecule has 1 aromatic heterocycles. The van der Waals surface area contributed by atoms with E-state index in [4.69, 9.17) is 16.3 Å². The van der Waals surface area contributed by atoms with Gasteiger partial charge < -0.3 is 9.64 Å². The van der Waals surface area contributed by atoms with E-state index in [9.17, 15) is 0 Å². The molecule has 84 valence electrons. The summed E-state index contributed by atoms with van der Waals surface area (Å²) < 4.78 is 5.02. The van der Waals surface area contributed by atoms with Crippen molar-refractivity contribution >= 4 is 17.5 Å². The summed E-state index contributed by atoms with van der Waals surface area (Å²) in [6.45, 7) is 4.10. The SMILES string of the molecule is COCCN(CCCl)c1ncc(C)cn1. The van der Waals surface area contributed by atoms with E-state index in [1.165, 1.54) is 0 Å². The van der Waals surface area contributed by atoms with Crippen molar-refractivity contribution in [2.24, 2.45) is 0 Å². The Morgan fingerprint density at radius 1 is 1.33 bits per heavy atom. The van der Waals surface area contributed by atoms with Gasteiger partial charge >= 0.3 is 0 Å². The number of aromatic nitrogens is 2. The highest BCUT2D eigenvalue weighted by molar-refractivity contribution is 6.18. The molecule has 1 rings (SSSR count). The highest BCUT2D eigenvalue weighted by atomic mass is 35.5. The van der Waals surface area contributed by atoms with Gasteiger partial charge in [-0.05, 0) is 12.5 Å². The smallest absolute Gasteiger partial charge is 0.225 e. The summed E-state index contributed by atoms with van der Waals surface area (Å²) in [7, 11) is 1.68. The number of hydrogen-bond donors (Lipinski definition) is 0. The first kappa shape index (κ1) is 12.2. The fraction of sp³-hybridized carbons (Fsp3) is 0.600. The lowest BCUT2D eigenvalue weighted by atomic mass is 10.4. The molecule has 15 heavy (non-hydrogen) atoms. The van der Waals surface area contributed by atoms with Crippen molar-refractivity contribution in [1.29, 1.82) is 0 Å². The fourth-order valence-corrected chi connectivity index (χ4v) is 1.37. The molecule has 1 aromatic rings. The van der Waals surface area contributed by atoms with Crippen molar-refractivity contribution in [2.75, 3.05) is 37.6 Å². The van der Waals surface area contributed by atoms with Crippen LogP contribution in [0.15, 0.2) is 12.4 Å². The van der Waals surface area contributed by atoms with Crippen molar-refractivity contribution in [3.63, 3.8) is 0 Å². The van der Waals surface area contributed by atoms with Crippen LogP contribution in [-0.4, -0.2) is 42.7 Å². The van der Waals surface area contributed by atoms with Crippen LogP contribution in [0.5, 0.6) is 0 Å². The third-order valence-electron chi connectivity index (χ3n) is 1.97. The zero-order valence-corrected chi connectivity index (χ0v) is 9.87. The van der Waals surface area contributed by atoms with Gasteiger partial charge in [0.2, 0.25) is 5.95 Å². The second-order valence-corrected chi connectivity index (χ2v) is 3.61. The Kier molecular flexibility index (Phi) is 5.36. The van der Waals surface area contributed by atoms with Gasteiger partial charge in [-0.1, -0.05) is 0 Å². The van der Waals surface area contributed by atoms with Gasteiger partial charge in [-0.2, -0.15) is 0 Å². The molecule has 0 radical (unpaired) electrons. The summed E-state index contributed by atoms with van der Waals surface area (Å²) in [5.41, 5.74) is 1.05. The van der Waals surface area contributed by atoms with Gasteiger partial charge in [-0.25, -0.2) is 9.97 Å². The van der Waals surface area contributed by atoms with Crippen LogP contribution in [-0.2, 0) is 4.74 Å². The lowest BCUT2D eigenvalue weighted by molar-refractivity contribution is 0.205. The average molecular weight is 230 g/mol. The molecule has 0 saturated heterocycles. The Morgan fingerprint density at radius 2 is 2.00 bits per heavy atom. The second kappa shape index (κ2) is 6.58. The van der Waals surface area contributed by atoms with Crippen LogP contribution in [0, 0.1) is 6.92 Å². The maximum Gasteiger partial charge on any atom is 0.225 e. The van der Waals surface area contributed by atoms with E-state index in [1.807, 2.05) is 11.8 Å². The standard InChI is InChI=1S/C10H16ClN3O/c1-9-7-12-10(13-8-9)14(4-3-11)5-6-15-2/h7-8H,3-6H2,1-2H3. The number of alkyl halides is 1. The van der Waals surface area contributed by atoms with Gasteiger partial charge in [-0.15, -0.1) is 11.6 Å². The largest absolute Gasteiger partial charge is 0.383 e. The minimum atomic E-state index is 0.556. The average Bonchev–Trinajstić information content (AvgIpc) is 2.25. The molecule has 0 aliphatic carbocycles. The first-order valence-corrected chi connectivity index (χ1v) is 5.40. The van der Waals surface area contributed by atoms with E-state index in [0.29, 0.717) is 18.4 Å². The molecule has 0 saturated carbocycles. The normalized spacial score (nSPS) is 10.3. The predicted octanol–water partition coefficient (Wildman–Crippen LogP) is 1.48. The molecule has 0 atom stereocenters. The van der Waals surface area contributed by atoms with E-state index in [-0.39, 0.29) is 0 Å². The number of halogens is 1. The van der Waals surface area contributed by atoms with Crippen molar-refractivity contribution in [2.45, 2.75) is 6.92 Å². The molecule has 0 bridgehead atoms. The Bertz CT molecular complexity index is 279. The summed E-state index contributed by atoms with van der Waals surface area (Å²) >= 11 is 5.72. The maximum absolute atomic E-state index is 5.72. The number of hydrogen-bond acceptors (Lipinski definition) is 4. The molecule has 0 amide bonds. The predicted molar refractivity (Wildman–Crippen MR) is 61.6 cm³/mol. The number of ether oxygens (including phenoxy) is 1. The number of methoxy groups -OCH3 is 1. The molecule has 1 heterocycles. The van der Waals surface area contributed by atoms with Crippen LogP contribution in [0.4, 0.5) is 5.95 Å². The summed E-state index contributed by atoms with van der Waals surface area (Å²) in [6, 6.07) is 0. The minimum Gasteiger partial charge on any atom is -0.383 e. The zero-order valence-electron chi connectivity index (χ0n) is 9.11. The molecule has 0 aliphatic rings. The highest BCUT2D eigenvalue weighted by Crippen LogP contribution is 2.06. The lowest BCUT2D eigenvalue weighted by Crippen LogP contribution is -2.30. The minimum absolute atomic E-state index is 0.556. The van der Waals surface area contributed by atoms with E-state index in [2.05, 4.69) is 9.97 Å². The fourth-order valence-electron chi connectivity index (χ4n) is 1.16. The Hall–Kier alpha value is -0.870. The van der Waals surface area contributed by atoms with Crippen LogP contribution < -0.4 is 4.90 Å². The first-order chi connectivity index (χ1) is 7.27. The molecular weight excluding hydrogens is 214 g/mol. The van der Waals surface area contributed by atoms with Gasteiger partial charge in [0.1, 0.15) is 0 Å². The van der Waals surface area contributed by atoms with Crippen LogP contribution in [0.3, 0.4) is 0 Å². The van der Waals surface area contributed by atoms with Gasteiger partial charge in [0.05, 0.1) is 6.61 Å². The summed E-state index contributed by atoms with van der Waals surface area (Å²) in [6.07, 6.45) is 3.60. The Labute approximate surface area is 95.2 Å². The highest BCUT2D eigenvalue weighted by Gasteiger charge is 2.07. The van der Waals surface area contributed by atoms with Gasteiger partial charge in [0.25, 0.3) is 0 Å². The van der Waals surface area contributed by atoms with Crippen LogP contribution in [0.1, 0.15) is 5.56 Å². The van der Waals surface area contributed by atoms with E-state index < -0.39 is 0 Å². The zero-order chi connectivity index (χ0) is 11.1. The van der Waals surface area contributed by atoms with Gasteiger partial charge in [0.15, 0.2) is 0 Å². The number of rotatable bonds is 6. The van der Waals surface area contributed by atoms with Crippen LogP contribution in [0.25, 0.3) is 0 Å². The number of aryl methyl sites for hydroxylation is 1. The summed E-state index contributed by atoms with van der Waals surface area (Å²) in [5.74, 6) is 1.26. The van der Waals surface area contributed by atoms with Crippen LogP contribution in [0.2, 0.25) is 0 Å². The first-order valence-electron chi connectivity index (χ1n) is 4.86. The van der Waals surface area contributed by atoms with E-state index >= 15 is 0 Å². The van der Waals surface area contributed by atoms with Crippen molar-refractivity contribution in [3.05, 3.63) is 18.0 Å². The molecule has 4 nitrogen and oxygen atoms in total. The Morgan fingerprint density at radius 3 is 2.53 bits per heavy atom. The van der Waals surface area contributed by atoms with Gasteiger partial charge in [-0.3, -0.25) is 0 Å². The molecule has 0 unspecified atom stereocenters. The summed E-state index contributed by atoms with van der Waals surface area (Å²) in [5, 5.41) is 0. The molecule has 0 fully saturated rings. The summed E-state index contributed by atoms with van der Waals surface area (Å²) in [4.78, 5) is 10.5. The monoisotopic (exact) mass is 229 g/mol. The second-order valence-electron chi connectivity index (χ2n) is 3.23. The lowest BCUT2D eigenvalue weighted by Gasteiger charge is -2.20. The third kappa shape index (κ3) is 4.01. The van der Waals surface area contributed by atoms with E-state index in [1.54, 1.807) is 19.5 Å². The molecule has 5 heteroatoms. The van der Waals surface area contributed by atoms with Crippen molar-refractivity contribution < 1.29 is 4.74 Å².